The molecule has 0 spiro atoms. The lowest BCUT2D eigenvalue weighted by molar-refractivity contribution is 0.00871. The van der Waals surface area contributed by atoms with E-state index in [0.717, 1.165) is 24.0 Å². The van der Waals surface area contributed by atoms with Crippen molar-refractivity contribution in [2.45, 2.75) is 25.9 Å². The van der Waals surface area contributed by atoms with Crippen LogP contribution in [0.25, 0.3) is 11.3 Å². The van der Waals surface area contributed by atoms with E-state index in [-0.39, 0.29) is 24.1 Å². The van der Waals surface area contributed by atoms with E-state index in [9.17, 15) is 9.90 Å². The number of hydrogen-bond acceptors (Lipinski definition) is 5. The van der Waals surface area contributed by atoms with Gasteiger partial charge in [-0.25, -0.2) is 4.98 Å². The summed E-state index contributed by atoms with van der Waals surface area (Å²) in [5.41, 5.74) is 2.16. The van der Waals surface area contributed by atoms with Gasteiger partial charge in [-0.1, -0.05) is 29.8 Å². The number of carbonyl (C=O) groups excluding carboxylic acids is 1. The lowest BCUT2D eigenvalue weighted by Gasteiger charge is -2.26. The summed E-state index contributed by atoms with van der Waals surface area (Å²) in [5, 5.41) is 13.0. The van der Waals surface area contributed by atoms with Crippen LogP contribution < -0.4 is 5.32 Å². The molecule has 0 bridgehead atoms. The molecule has 1 amide bonds. The largest absolute Gasteiger partial charge is 0.443 e. The maximum atomic E-state index is 12.4. The fraction of sp³-hybridized carbons (Fsp3) is 0.444. The van der Waals surface area contributed by atoms with E-state index in [1.165, 1.54) is 6.39 Å². The zero-order chi connectivity index (χ0) is 16.9. The first kappa shape index (κ1) is 16.7. The molecule has 0 unspecified atom stereocenters. The summed E-state index contributed by atoms with van der Waals surface area (Å²) < 4.78 is 10.7. The van der Waals surface area contributed by atoms with Crippen LogP contribution in [0.4, 0.5) is 0 Å². The van der Waals surface area contributed by atoms with Gasteiger partial charge in [0.05, 0.1) is 6.10 Å². The van der Waals surface area contributed by atoms with Crippen molar-refractivity contribution < 1.29 is 19.1 Å². The molecule has 0 radical (unpaired) electrons. The van der Waals surface area contributed by atoms with Crippen LogP contribution in [0.1, 0.15) is 28.9 Å². The minimum Gasteiger partial charge on any atom is -0.443 e. The predicted octanol–water partition coefficient (Wildman–Crippen LogP) is 2.17. The van der Waals surface area contributed by atoms with Crippen LogP contribution in [0.15, 0.2) is 35.1 Å². The first-order valence-corrected chi connectivity index (χ1v) is 8.19. The Bertz CT molecular complexity index is 675. The maximum Gasteiger partial charge on any atom is 0.274 e. The number of aryl methyl sites for hydroxylation is 1. The topological polar surface area (TPSA) is 84.6 Å². The fourth-order valence-electron chi connectivity index (χ4n) is 2.87. The maximum absolute atomic E-state index is 12.4. The summed E-state index contributed by atoms with van der Waals surface area (Å²) in [5.74, 6) is 0.256. The van der Waals surface area contributed by atoms with Crippen LogP contribution in [-0.2, 0) is 4.74 Å². The summed E-state index contributed by atoms with van der Waals surface area (Å²) >= 11 is 0. The van der Waals surface area contributed by atoms with Gasteiger partial charge in [0.15, 0.2) is 17.8 Å². The summed E-state index contributed by atoms with van der Waals surface area (Å²) in [6.07, 6.45) is 2.32. The minimum atomic E-state index is -0.576. The number of amides is 1. The van der Waals surface area contributed by atoms with Gasteiger partial charge in [0, 0.05) is 25.3 Å². The Balaban J connectivity index is 1.63. The highest BCUT2D eigenvalue weighted by Crippen LogP contribution is 2.23. The fourth-order valence-corrected chi connectivity index (χ4v) is 2.87. The Morgan fingerprint density at radius 3 is 2.75 bits per heavy atom. The van der Waals surface area contributed by atoms with Gasteiger partial charge in [0.1, 0.15) is 0 Å². The SMILES string of the molecule is Cc1ccc(-c2ocnc2C(=O)NC[C@@H](O)C2CCOCC2)cc1. The molecule has 6 nitrogen and oxygen atoms in total. The molecule has 2 aromatic rings. The summed E-state index contributed by atoms with van der Waals surface area (Å²) in [7, 11) is 0. The first-order chi connectivity index (χ1) is 11.6. The number of aromatic nitrogens is 1. The molecule has 1 aliphatic rings. The highest BCUT2D eigenvalue weighted by Gasteiger charge is 2.24. The molecule has 0 aliphatic carbocycles. The van der Waals surface area contributed by atoms with Gasteiger partial charge in [-0.3, -0.25) is 4.79 Å². The number of carbonyl (C=O) groups is 1. The van der Waals surface area contributed by atoms with Crippen molar-refractivity contribution in [1.82, 2.24) is 10.3 Å². The van der Waals surface area contributed by atoms with Crippen molar-refractivity contribution in [3.63, 3.8) is 0 Å². The Hall–Kier alpha value is -2.18. The van der Waals surface area contributed by atoms with E-state index in [4.69, 9.17) is 9.15 Å². The molecular weight excluding hydrogens is 308 g/mol. The van der Waals surface area contributed by atoms with E-state index in [0.29, 0.717) is 19.0 Å². The standard InChI is InChI=1S/C18H22N2O4/c1-12-2-4-14(5-3-12)17-16(20-11-24-17)18(22)19-10-15(21)13-6-8-23-9-7-13/h2-5,11,13,15,21H,6-10H2,1H3,(H,19,22)/t15-/m1/s1. The quantitative estimate of drug-likeness (QED) is 0.878. The highest BCUT2D eigenvalue weighted by atomic mass is 16.5. The molecule has 1 aliphatic heterocycles. The van der Waals surface area contributed by atoms with Gasteiger partial charge in [-0.2, -0.15) is 0 Å². The van der Waals surface area contributed by atoms with E-state index in [1.54, 1.807) is 0 Å². The van der Waals surface area contributed by atoms with Crippen LogP contribution in [0, 0.1) is 12.8 Å². The number of nitrogens with zero attached hydrogens (tertiary/aromatic N) is 1. The predicted molar refractivity (Wildman–Crippen MR) is 88.6 cm³/mol. The highest BCUT2D eigenvalue weighted by molar-refractivity contribution is 5.97. The summed E-state index contributed by atoms with van der Waals surface area (Å²) in [4.78, 5) is 16.4. The molecule has 128 valence electrons. The lowest BCUT2D eigenvalue weighted by atomic mass is 9.94. The van der Waals surface area contributed by atoms with Gasteiger partial charge in [-0.15, -0.1) is 0 Å². The molecule has 6 heteroatoms. The zero-order valence-electron chi connectivity index (χ0n) is 13.7. The molecular formula is C18H22N2O4. The number of ether oxygens (including phenoxy) is 1. The molecule has 1 atom stereocenters. The normalized spacial score (nSPS) is 16.8. The van der Waals surface area contributed by atoms with Crippen LogP contribution in [0.3, 0.4) is 0 Å². The van der Waals surface area contributed by atoms with Gasteiger partial charge in [0.2, 0.25) is 0 Å². The third kappa shape index (κ3) is 3.83. The summed E-state index contributed by atoms with van der Waals surface area (Å²) in [6.45, 7) is 3.52. The zero-order valence-corrected chi connectivity index (χ0v) is 13.7. The number of hydrogen-bond donors (Lipinski definition) is 2. The minimum absolute atomic E-state index is 0.160. The molecule has 2 heterocycles. The second-order valence-corrected chi connectivity index (χ2v) is 6.12. The van der Waals surface area contributed by atoms with Gasteiger partial charge >= 0.3 is 0 Å². The molecule has 3 rings (SSSR count). The third-order valence-corrected chi connectivity index (χ3v) is 4.38. The molecule has 1 saturated heterocycles. The van der Waals surface area contributed by atoms with Gasteiger partial charge in [-0.05, 0) is 25.7 Å². The number of benzene rings is 1. The van der Waals surface area contributed by atoms with Crippen molar-refractivity contribution >= 4 is 5.91 Å². The van der Waals surface area contributed by atoms with Gasteiger partial charge < -0.3 is 19.6 Å². The Morgan fingerprint density at radius 1 is 1.33 bits per heavy atom. The van der Waals surface area contributed by atoms with E-state index >= 15 is 0 Å². The Labute approximate surface area is 140 Å². The average molecular weight is 330 g/mol. The van der Waals surface area contributed by atoms with Gasteiger partial charge in [0.25, 0.3) is 5.91 Å². The number of aliphatic hydroxyl groups excluding tert-OH is 1. The lowest BCUT2D eigenvalue weighted by Crippen LogP contribution is -2.38. The monoisotopic (exact) mass is 330 g/mol. The number of oxazole rings is 1. The first-order valence-electron chi connectivity index (χ1n) is 8.19. The summed E-state index contributed by atoms with van der Waals surface area (Å²) in [6, 6.07) is 7.69. The number of nitrogens with one attached hydrogen (secondary N) is 1. The molecule has 1 fully saturated rings. The average Bonchev–Trinajstić information content (AvgIpc) is 3.10. The van der Waals surface area contributed by atoms with Crippen molar-refractivity contribution in [3.05, 3.63) is 41.9 Å². The number of aliphatic hydroxyl groups is 1. The van der Waals surface area contributed by atoms with Crippen molar-refractivity contribution in [2.75, 3.05) is 19.8 Å². The smallest absolute Gasteiger partial charge is 0.274 e. The molecule has 2 N–H and O–H groups in total. The Morgan fingerprint density at radius 2 is 2.04 bits per heavy atom. The molecule has 1 aromatic heterocycles. The molecule has 0 saturated carbocycles. The number of rotatable bonds is 5. The van der Waals surface area contributed by atoms with Crippen LogP contribution >= 0.6 is 0 Å². The van der Waals surface area contributed by atoms with E-state index < -0.39 is 6.10 Å². The second kappa shape index (κ2) is 7.59. The molecule has 24 heavy (non-hydrogen) atoms. The van der Waals surface area contributed by atoms with Crippen molar-refractivity contribution in [2.24, 2.45) is 5.92 Å². The third-order valence-electron chi connectivity index (χ3n) is 4.38. The van der Waals surface area contributed by atoms with Crippen molar-refractivity contribution in [3.8, 4) is 11.3 Å². The van der Waals surface area contributed by atoms with Crippen molar-refractivity contribution in [1.29, 1.82) is 0 Å². The van der Waals surface area contributed by atoms with E-state index in [1.807, 2.05) is 31.2 Å². The van der Waals surface area contributed by atoms with E-state index in [2.05, 4.69) is 10.3 Å². The molecule has 1 aromatic carbocycles. The Kier molecular flexibility index (Phi) is 5.27. The van der Waals surface area contributed by atoms with Crippen LogP contribution in [0.5, 0.6) is 0 Å². The van der Waals surface area contributed by atoms with Crippen LogP contribution in [-0.4, -0.2) is 41.9 Å². The van der Waals surface area contributed by atoms with Crippen LogP contribution in [0.2, 0.25) is 0 Å². The second-order valence-electron chi connectivity index (χ2n) is 6.12.